The Hall–Kier alpha value is -3.74. The standard InChI is InChI=1S/C34H31F3NO.C13H24O2.Ir/c1-33(2,34(35,36)37)21-22-12-14-24(15-13-22)30-20-26-16-17-38-31(32(26)39-30)27-18-25-10-6-7-11-28(25)29(19-27)23-8-4-3-5-9-23;1-5-10(6-2)12(14)9-13(15)11(7-3)8-4;/h6-7,10-17,19-20,23H,3-5,8-9,21H2,1-2H3;9-11,14H,5-8H2,1-4H3;/q-1;;/b;12-9-;/i20D;;. The molecule has 1 aliphatic rings. The number of carbonyl (C=O) groups excluding carboxylic acids is 1. The fourth-order valence-corrected chi connectivity index (χ4v) is 7.52. The molecule has 2 heterocycles. The molecular weight excluding hydrogens is 876 g/mol. The summed E-state index contributed by atoms with van der Waals surface area (Å²) in [5.74, 6) is 1.41. The maximum atomic E-state index is 13.4. The molecule has 297 valence electrons. The van der Waals surface area contributed by atoms with E-state index in [9.17, 15) is 23.1 Å². The Morgan fingerprint density at radius 2 is 1.60 bits per heavy atom. The van der Waals surface area contributed by atoms with Crippen LogP contribution in [0.4, 0.5) is 13.2 Å². The summed E-state index contributed by atoms with van der Waals surface area (Å²) in [5, 5.41) is 12.7. The molecule has 0 bridgehead atoms. The second-order valence-corrected chi connectivity index (χ2v) is 15.4. The molecule has 1 aliphatic carbocycles. The normalized spacial score (nSPS) is 14.5. The summed E-state index contributed by atoms with van der Waals surface area (Å²) in [6.07, 6.45) is 8.27. The summed E-state index contributed by atoms with van der Waals surface area (Å²) in [5.41, 5.74) is 2.72. The molecule has 4 nitrogen and oxygen atoms in total. The van der Waals surface area contributed by atoms with Crippen LogP contribution in [0, 0.1) is 23.3 Å². The number of rotatable bonds is 12. The zero-order valence-electron chi connectivity index (χ0n) is 33.9. The number of aromatic nitrogens is 1. The van der Waals surface area contributed by atoms with Gasteiger partial charge in [0.15, 0.2) is 5.78 Å². The molecule has 0 atom stereocenters. The topological polar surface area (TPSA) is 63.3 Å². The minimum Gasteiger partial charge on any atom is -0.512 e. The van der Waals surface area contributed by atoms with Crippen LogP contribution < -0.4 is 0 Å². The van der Waals surface area contributed by atoms with Crippen molar-refractivity contribution >= 4 is 27.5 Å². The van der Waals surface area contributed by atoms with Gasteiger partial charge in [0.1, 0.15) is 11.3 Å². The molecule has 0 amide bonds. The largest absolute Gasteiger partial charge is 0.512 e. The Balaban J connectivity index is 0.000000372. The average Bonchev–Trinajstić information content (AvgIpc) is 3.51. The van der Waals surface area contributed by atoms with Crippen LogP contribution in [0.2, 0.25) is 0 Å². The number of aliphatic hydroxyl groups is 1. The summed E-state index contributed by atoms with van der Waals surface area (Å²) in [6, 6.07) is 22.9. The van der Waals surface area contributed by atoms with E-state index in [2.05, 4.69) is 35.3 Å². The van der Waals surface area contributed by atoms with Crippen LogP contribution in [0.15, 0.2) is 89.2 Å². The first-order chi connectivity index (χ1) is 26.2. The summed E-state index contributed by atoms with van der Waals surface area (Å²) >= 11 is 0. The third-order valence-corrected chi connectivity index (χ3v) is 11.2. The maximum absolute atomic E-state index is 13.4. The van der Waals surface area contributed by atoms with Crippen molar-refractivity contribution in [1.29, 1.82) is 0 Å². The first-order valence-corrected chi connectivity index (χ1v) is 19.7. The van der Waals surface area contributed by atoms with Gasteiger partial charge in [-0.3, -0.25) is 9.78 Å². The minimum absolute atomic E-state index is 0. The van der Waals surface area contributed by atoms with Crippen molar-refractivity contribution in [2.75, 3.05) is 0 Å². The van der Waals surface area contributed by atoms with Crippen molar-refractivity contribution in [2.45, 2.75) is 118 Å². The summed E-state index contributed by atoms with van der Waals surface area (Å²) in [7, 11) is 0. The molecule has 1 N–H and O–H groups in total. The predicted octanol–water partition coefficient (Wildman–Crippen LogP) is 14.2. The van der Waals surface area contributed by atoms with E-state index in [1.807, 2.05) is 33.8 Å². The van der Waals surface area contributed by atoms with E-state index in [1.54, 1.807) is 36.5 Å². The van der Waals surface area contributed by atoms with E-state index < -0.39 is 11.6 Å². The van der Waals surface area contributed by atoms with E-state index in [0.717, 1.165) is 36.6 Å². The van der Waals surface area contributed by atoms with Crippen molar-refractivity contribution in [3.05, 3.63) is 102 Å². The van der Waals surface area contributed by atoms with Gasteiger partial charge < -0.3 is 9.52 Å². The number of allylic oxidation sites excluding steroid dienone is 2. The van der Waals surface area contributed by atoms with Gasteiger partial charge in [0, 0.05) is 60.9 Å². The molecule has 0 unspecified atom stereocenters. The van der Waals surface area contributed by atoms with Gasteiger partial charge in [-0.1, -0.05) is 114 Å². The zero-order chi connectivity index (χ0) is 39.9. The molecule has 0 aliphatic heterocycles. The van der Waals surface area contributed by atoms with E-state index in [1.165, 1.54) is 63.0 Å². The second kappa shape index (κ2) is 19.4. The number of alkyl halides is 3. The van der Waals surface area contributed by atoms with Gasteiger partial charge in [-0.15, -0.1) is 29.1 Å². The number of ketones is 1. The summed E-state index contributed by atoms with van der Waals surface area (Å²) < 4.78 is 55.3. The van der Waals surface area contributed by atoms with Gasteiger partial charge in [-0.05, 0) is 68.5 Å². The number of furan rings is 1. The Labute approximate surface area is 339 Å². The quantitative estimate of drug-likeness (QED) is 0.0769. The van der Waals surface area contributed by atoms with E-state index in [0.29, 0.717) is 39.5 Å². The van der Waals surface area contributed by atoms with Crippen molar-refractivity contribution in [3.63, 3.8) is 0 Å². The third-order valence-electron chi connectivity index (χ3n) is 11.2. The molecule has 3 aromatic carbocycles. The average molecular weight is 932 g/mol. The zero-order valence-corrected chi connectivity index (χ0v) is 35.3. The van der Waals surface area contributed by atoms with Crippen LogP contribution >= 0.6 is 0 Å². The molecule has 1 fully saturated rings. The van der Waals surface area contributed by atoms with Crippen LogP contribution in [-0.4, -0.2) is 22.1 Å². The van der Waals surface area contributed by atoms with Crippen molar-refractivity contribution in [2.24, 2.45) is 17.3 Å². The predicted molar refractivity (Wildman–Crippen MR) is 214 cm³/mol. The van der Waals surface area contributed by atoms with Gasteiger partial charge in [-0.25, -0.2) is 0 Å². The van der Waals surface area contributed by atoms with Gasteiger partial charge in [0.05, 0.1) is 12.5 Å². The van der Waals surface area contributed by atoms with Crippen molar-refractivity contribution in [3.8, 4) is 22.6 Å². The van der Waals surface area contributed by atoms with E-state index in [4.69, 9.17) is 5.79 Å². The fourth-order valence-electron chi connectivity index (χ4n) is 7.52. The smallest absolute Gasteiger partial charge is 0.394 e. The molecule has 0 saturated heterocycles. The number of benzene rings is 3. The number of pyridine rings is 1. The Morgan fingerprint density at radius 1 is 0.964 bits per heavy atom. The first-order valence-electron chi connectivity index (χ1n) is 20.2. The monoisotopic (exact) mass is 932 g/mol. The maximum Gasteiger partial charge on any atom is 0.394 e. The Kier molecular flexibility index (Phi) is 15.0. The molecular formula is C47H55F3IrNO3-. The number of hydrogen-bond donors (Lipinski definition) is 1. The molecule has 0 spiro atoms. The van der Waals surface area contributed by atoms with Crippen LogP contribution in [0.1, 0.15) is 118 Å². The molecule has 55 heavy (non-hydrogen) atoms. The number of aliphatic hydroxyl groups excluding tert-OH is 1. The van der Waals surface area contributed by atoms with Gasteiger partial charge in [0.2, 0.25) is 0 Å². The van der Waals surface area contributed by atoms with E-state index >= 15 is 0 Å². The van der Waals surface area contributed by atoms with Crippen LogP contribution in [0.25, 0.3) is 44.3 Å². The van der Waals surface area contributed by atoms with E-state index in [-0.39, 0.29) is 55.9 Å². The fraction of sp³-hybridized carbons (Fsp3) is 0.447. The number of fused-ring (bicyclic) bond motifs is 2. The Morgan fingerprint density at radius 3 is 2.22 bits per heavy atom. The molecule has 2 aromatic heterocycles. The Bertz CT molecular complexity index is 2090. The van der Waals surface area contributed by atoms with Crippen LogP contribution in [0.3, 0.4) is 0 Å². The summed E-state index contributed by atoms with van der Waals surface area (Å²) in [4.78, 5) is 16.4. The molecule has 8 heteroatoms. The second-order valence-electron chi connectivity index (χ2n) is 15.4. The number of hydrogen-bond acceptors (Lipinski definition) is 4. The van der Waals surface area contributed by atoms with Gasteiger partial charge in [0.25, 0.3) is 0 Å². The SMILES string of the molecule is CCC(CC)C(=O)/C=C(\O)C(CC)CC.[2H]c1c(-c2ccc(CC(C)(C)C(F)(F)F)cc2)oc2c(-c3[c-]c4ccccc4c(C4CCCCC4)c3)nccc12.[Ir]. The number of nitrogens with zero attached hydrogens (tertiary/aromatic N) is 1. The molecule has 5 aromatic rings. The minimum atomic E-state index is -4.29. The third kappa shape index (κ3) is 10.6. The van der Waals surface area contributed by atoms with Crippen LogP contribution in [0.5, 0.6) is 0 Å². The number of halogens is 3. The molecule has 1 saturated carbocycles. The van der Waals surface area contributed by atoms with Gasteiger partial charge >= 0.3 is 6.18 Å². The van der Waals surface area contributed by atoms with Crippen molar-refractivity contribution in [1.82, 2.24) is 4.98 Å². The first kappa shape index (κ1) is 42.4. The number of carbonyl (C=O) groups is 1. The van der Waals surface area contributed by atoms with Crippen LogP contribution in [-0.2, 0) is 31.3 Å². The summed E-state index contributed by atoms with van der Waals surface area (Å²) in [6.45, 7) is 10.5. The molecule has 1 radical (unpaired) electrons. The van der Waals surface area contributed by atoms with Gasteiger partial charge in [-0.2, -0.15) is 13.2 Å². The molecule has 6 rings (SSSR count). The van der Waals surface area contributed by atoms with Crippen molar-refractivity contribution < 1.29 is 49.0 Å².